The second-order valence-corrected chi connectivity index (χ2v) is 5.35. The zero-order chi connectivity index (χ0) is 14.4. The molecule has 4 nitrogen and oxygen atoms in total. The molecule has 102 valence electrons. The molecule has 0 radical (unpaired) electrons. The van der Waals surface area contributed by atoms with Gasteiger partial charge in [-0.2, -0.15) is 5.10 Å². The molecule has 0 saturated carbocycles. The van der Waals surface area contributed by atoms with E-state index in [4.69, 9.17) is 11.6 Å². The number of hydrogen-bond acceptors (Lipinski definition) is 2. The van der Waals surface area contributed by atoms with Gasteiger partial charge in [-0.1, -0.05) is 11.6 Å². The lowest BCUT2D eigenvalue weighted by molar-refractivity contribution is -0.110. The average molecular weight is 288 g/mol. The second-order valence-electron chi connectivity index (χ2n) is 4.91. The Balaban J connectivity index is 2.18. The zero-order valence-electron chi connectivity index (χ0n) is 11.5. The molecule has 2 heterocycles. The van der Waals surface area contributed by atoms with E-state index >= 15 is 0 Å². The summed E-state index contributed by atoms with van der Waals surface area (Å²) in [5, 5.41) is 7.83. The third kappa shape index (κ3) is 1.93. The van der Waals surface area contributed by atoms with Crippen molar-refractivity contribution in [3.63, 3.8) is 0 Å². The molecule has 1 aliphatic rings. The Hall–Kier alpha value is -2.07. The maximum Gasteiger partial charge on any atom is 0.256 e. The molecule has 1 aliphatic heterocycles. The smallest absolute Gasteiger partial charge is 0.256 e. The Morgan fingerprint density at radius 1 is 1.35 bits per heavy atom. The molecule has 0 bridgehead atoms. The molecule has 1 aromatic carbocycles. The standard InChI is InChI=1S/C15H14ClN3O/c1-8-11(9(2)19(3)18-8)7-13-12-6-10(16)4-5-14(12)17-15(13)20/h4-7H,1-3H3,(H,17,20)/b13-7+. The van der Waals surface area contributed by atoms with Crippen molar-refractivity contribution in [2.75, 3.05) is 5.32 Å². The van der Waals surface area contributed by atoms with Gasteiger partial charge in [-0.15, -0.1) is 0 Å². The van der Waals surface area contributed by atoms with Crippen molar-refractivity contribution in [1.29, 1.82) is 0 Å². The van der Waals surface area contributed by atoms with Crippen LogP contribution in [0.2, 0.25) is 5.02 Å². The van der Waals surface area contributed by atoms with Crippen LogP contribution in [0.15, 0.2) is 18.2 Å². The van der Waals surface area contributed by atoms with Gasteiger partial charge in [0, 0.05) is 40.2 Å². The van der Waals surface area contributed by atoms with Gasteiger partial charge in [0.2, 0.25) is 0 Å². The molecule has 20 heavy (non-hydrogen) atoms. The quantitative estimate of drug-likeness (QED) is 0.819. The molecule has 0 saturated heterocycles. The van der Waals surface area contributed by atoms with Gasteiger partial charge in [-0.05, 0) is 38.1 Å². The van der Waals surface area contributed by atoms with Crippen LogP contribution in [0.4, 0.5) is 5.69 Å². The van der Waals surface area contributed by atoms with E-state index in [-0.39, 0.29) is 5.91 Å². The predicted octanol–water partition coefficient (Wildman–Crippen LogP) is 3.18. The maximum absolute atomic E-state index is 12.1. The highest BCUT2D eigenvalue weighted by Gasteiger charge is 2.25. The number of aromatic nitrogens is 2. The Kier molecular flexibility index (Phi) is 2.91. The highest BCUT2D eigenvalue weighted by atomic mass is 35.5. The van der Waals surface area contributed by atoms with Crippen LogP contribution in [-0.4, -0.2) is 15.7 Å². The van der Waals surface area contributed by atoms with Crippen LogP contribution in [0.25, 0.3) is 11.6 Å². The summed E-state index contributed by atoms with van der Waals surface area (Å²) >= 11 is 6.02. The van der Waals surface area contributed by atoms with Crippen LogP contribution in [0.1, 0.15) is 22.5 Å². The molecule has 3 rings (SSSR count). The minimum absolute atomic E-state index is 0.107. The number of rotatable bonds is 1. The highest BCUT2D eigenvalue weighted by Crippen LogP contribution is 2.35. The molecule has 0 atom stereocenters. The van der Waals surface area contributed by atoms with Crippen molar-refractivity contribution in [2.24, 2.45) is 7.05 Å². The number of anilines is 1. The molecule has 1 N–H and O–H groups in total. The number of carbonyl (C=O) groups is 1. The normalized spacial score (nSPS) is 15.6. The Morgan fingerprint density at radius 2 is 2.10 bits per heavy atom. The van der Waals surface area contributed by atoms with Gasteiger partial charge < -0.3 is 5.32 Å². The number of nitrogens with one attached hydrogen (secondary N) is 1. The van der Waals surface area contributed by atoms with Crippen LogP contribution >= 0.6 is 11.6 Å². The molecular weight excluding hydrogens is 274 g/mol. The zero-order valence-corrected chi connectivity index (χ0v) is 12.2. The minimum Gasteiger partial charge on any atom is -0.321 e. The van der Waals surface area contributed by atoms with Crippen LogP contribution in [0, 0.1) is 13.8 Å². The van der Waals surface area contributed by atoms with Crippen LogP contribution < -0.4 is 5.32 Å². The van der Waals surface area contributed by atoms with Crippen LogP contribution in [0.3, 0.4) is 0 Å². The molecule has 0 spiro atoms. The Labute approximate surface area is 122 Å². The summed E-state index contributed by atoms with van der Waals surface area (Å²) in [7, 11) is 1.89. The highest BCUT2D eigenvalue weighted by molar-refractivity contribution is 6.36. The first-order valence-corrected chi connectivity index (χ1v) is 6.68. The van der Waals surface area contributed by atoms with Gasteiger partial charge in [0.05, 0.1) is 5.69 Å². The SMILES string of the molecule is Cc1nn(C)c(C)c1/C=C1/C(=O)Nc2ccc(Cl)cc21. The molecule has 1 aromatic heterocycles. The van der Waals surface area contributed by atoms with Gasteiger partial charge in [-0.25, -0.2) is 0 Å². The van der Waals surface area contributed by atoms with E-state index in [2.05, 4.69) is 10.4 Å². The lowest BCUT2D eigenvalue weighted by atomic mass is 10.0. The number of aryl methyl sites for hydroxylation is 2. The third-order valence-electron chi connectivity index (χ3n) is 3.62. The van der Waals surface area contributed by atoms with Gasteiger partial charge in [0.1, 0.15) is 0 Å². The fourth-order valence-electron chi connectivity index (χ4n) is 2.45. The molecule has 5 heteroatoms. The second kappa shape index (κ2) is 4.49. The number of benzene rings is 1. The summed E-state index contributed by atoms with van der Waals surface area (Å²) in [6, 6.07) is 5.39. The average Bonchev–Trinajstić information content (AvgIpc) is 2.82. The van der Waals surface area contributed by atoms with E-state index in [9.17, 15) is 4.79 Å². The first-order valence-electron chi connectivity index (χ1n) is 6.30. The Morgan fingerprint density at radius 3 is 2.75 bits per heavy atom. The Bertz CT molecular complexity index is 759. The van der Waals surface area contributed by atoms with E-state index in [1.54, 1.807) is 6.07 Å². The topological polar surface area (TPSA) is 46.9 Å². The predicted molar refractivity (Wildman–Crippen MR) is 80.6 cm³/mol. The van der Waals surface area contributed by atoms with Crippen molar-refractivity contribution in [3.05, 3.63) is 45.7 Å². The summed E-state index contributed by atoms with van der Waals surface area (Å²) in [5.41, 5.74) is 5.17. The van der Waals surface area contributed by atoms with Gasteiger partial charge >= 0.3 is 0 Å². The molecule has 0 unspecified atom stereocenters. The molecule has 0 aliphatic carbocycles. The van der Waals surface area contributed by atoms with E-state index in [1.807, 2.05) is 43.8 Å². The van der Waals surface area contributed by atoms with Gasteiger partial charge in [0.25, 0.3) is 5.91 Å². The lowest BCUT2D eigenvalue weighted by Gasteiger charge is -2.00. The van der Waals surface area contributed by atoms with Crippen molar-refractivity contribution >= 4 is 34.8 Å². The van der Waals surface area contributed by atoms with Crippen molar-refractivity contribution in [2.45, 2.75) is 13.8 Å². The van der Waals surface area contributed by atoms with Crippen molar-refractivity contribution in [3.8, 4) is 0 Å². The van der Waals surface area contributed by atoms with Crippen molar-refractivity contribution in [1.82, 2.24) is 9.78 Å². The van der Waals surface area contributed by atoms with Gasteiger partial charge in [-0.3, -0.25) is 9.48 Å². The molecule has 1 amide bonds. The van der Waals surface area contributed by atoms with Crippen LogP contribution in [-0.2, 0) is 11.8 Å². The number of carbonyl (C=O) groups excluding carboxylic acids is 1. The third-order valence-corrected chi connectivity index (χ3v) is 3.85. The van der Waals surface area contributed by atoms with E-state index in [0.29, 0.717) is 10.6 Å². The van der Waals surface area contributed by atoms with Gasteiger partial charge in [0.15, 0.2) is 0 Å². The van der Waals surface area contributed by atoms with Crippen LogP contribution in [0.5, 0.6) is 0 Å². The number of fused-ring (bicyclic) bond motifs is 1. The summed E-state index contributed by atoms with van der Waals surface area (Å²) in [6.45, 7) is 3.92. The summed E-state index contributed by atoms with van der Waals surface area (Å²) in [6.07, 6.45) is 1.88. The van der Waals surface area contributed by atoms with Crippen molar-refractivity contribution < 1.29 is 4.79 Å². The fraction of sp³-hybridized carbons (Fsp3) is 0.200. The largest absolute Gasteiger partial charge is 0.321 e. The number of nitrogens with zero attached hydrogens (tertiary/aromatic N) is 2. The molecular formula is C15H14ClN3O. The minimum atomic E-state index is -0.107. The van der Waals surface area contributed by atoms with E-state index in [0.717, 1.165) is 28.2 Å². The molecule has 2 aromatic rings. The first-order chi connectivity index (χ1) is 9.47. The number of halogens is 1. The first kappa shape index (κ1) is 12.9. The number of hydrogen-bond donors (Lipinski definition) is 1. The summed E-state index contributed by atoms with van der Waals surface area (Å²) < 4.78 is 1.81. The number of amides is 1. The van der Waals surface area contributed by atoms with E-state index < -0.39 is 0 Å². The summed E-state index contributed by atoms with van der Waals surface area (Å²) in [4.78, 5) is 12.1. The van der Waals surface area contributed by atoms with E-state index in [1.165, 1.54) is 0 Å². The monoisotopic (exact) mass is 287 g/mol. The molecule has 0 fully saturated rings. The fourth-order valence-corrected chi connectivity index (χ4v) is 2.62. The summed E-state index contributed by atoms with van der Waals surface area (Å²) in [5.74, 6) is -0.107. The lowest BCUT2D eigenvalue weighted by Crippen LogP contribution is -2.03. The maximum atomic E-state index is 12.1.